The van der Waals surface area contributed by atoms with Crippen LogP contribution in [-0.4, -0.2) is 46.9 Å². The summed E-state index contributed by atoms with van der Waals surface area (Å²) in [5, 5.41) is 11.5. The Balaban J connectivity index is 2.32. The number of hydrogen-bond donors (Lipinski definition) is 2. The lowest BCUT2D eigenvalue weighted by atomic mass is 10.1. The third-order valence-corrected chi connectivity index (χ3v) is 3.35. The molecule has 1 unspecified atom stereocenters. The molecule has 0 aliphatic carbocycles. The SMILES string of the molecule is O=C(O)CC1C(=O)NCCN1C(=O)c1cc(Cl)ccc1F. The van der Waals surface area contributed by atoms with Crippen molar-refractivity contribution in [3.8, 4) is 0 Å². The Labute approximate surface area is 124 Å². The van der Waals surface area contributed by atoms with Crippen molar-refractivity contribution < 1.29 is 23.9 Å². The van der Waals surface area contributed by atoms with Gasteiger partial charge in [0.25, 0.3) is 5.91 Å². The number of nitrogens with zero attached hydrogens (tertiary/aromatic N) is 1. The van der Waals surface area contributed by atoms with E-state index in [1.165, 1.54) is 6.07 Å². The zero-order valence-electron chi connectivity index (χ0n) is 10.8. The number of benzene rings is 1. The maximum Gasteiger partial charge on any atom is 0.305 e. The third kappa shape index (κ3) is 3.30. The van der Waals surface area contributed by atoms with E-state index in [1.807, 2.05) is 0 Å². The first kappa shape index (κ1) is 15.2. The summed E-state index contributed by atoms with van der Waals surface area (Å²) >= 11 is 5.74. The van der Waals surface area contributed by atoms with Crippen LogP contribution in [0.15, 0.2) is 18.2 Å². The fraction of sp³-hybridized carbons (Fsp3) is 0.308. The van der Waals surface area contributed by atoms with Crippen molar-refractivity contribution in [1.29, 1.82) is 0 Å². The minimum absolute atomic E-state index is 0.106. The molecule has 2 amide bonds. The van der Waals surface area contributed by atoms with E-state index in [4.69, 9.17) is 16.7 Å². The Kier molecular flexibility index (Phi) is 4.42. The van der Waals surface area contributed by atoms with Crippen molar-refractivity contribution in [1.82, 2.24) is 10.2 Å². The van der Waals surface area contributed by atoms with Crippen LogP contribution in [0.1, 0.15) is 16.8 Å². The predicted octanol–water partition coefficient (Wildman–Crippen LogP) is 0.894. The fourth-order valence-corrected chi connectivity index (χ4v) is 2.31. The Morgan fingerprint density at radius 1 is 1.48 bits per heavy atom. The van der Waals surface area contributed by atoms with E-state index in [2.05, 4.69) is 5.32 Å². The van der Waals surface area contributed by atoms with E-state index in [9.17, 15) is 18.8 Å². The molecule has 1 atom stereocenters. The largest absolute Gasteiger partial charge is 0.481 e. The van der Waals surface area contributed by atoms with Gasteiger partial charge in [0.1, 0.15) is 11.9 Å². The Bertz CT molecular complexity index is 608. The molecule has 0 aromatic heterocycles. The Hall–Kier alpha value is -2.15. The van der Waals surface area contributed by atoms with Gasteiger partial charge in [-0.2, -0.15) is 0 Å². The van der Waals surface area contributed by atoms with Gasteiger partial charge >= 0.3 is 5.97 Å². The summed E-state index contributed by atoms with van der Waals surface area (Å²) in [7, 11) is 0. The lowest BCUT2D eigenvalue weighted by molar-refractivity contribution is -0.142. The van der Waals surface area contributed by atoms with Gasteiger partial charge in [0.15, 0.2) is 0 Å². The van der Waals surface area contributed by atoms with E-state index < -0.39 is 36.1 Å². The van der Waals surface area contributed by atoms with Crippen molar-refractivity contribution in [3.05, 3.63) is 34.6 Å². The number of piperazine rings is 1. The molecular formula is C13H12ClFN2O4. The van der Waals surface area contributed by atoms with Crippen LogP contribution in [0.5, 0.6) is 0 Å². The lowest BCUT2D eigenvalue weighted by Crippen LogP contribution is -2.57. The molecule has 1 aliphatic rings. The number of carbonyl (C=O) groups excluding carboxylic acids is 2. The van der Waals surface area contributed by atoms with Crippen LogP contribution in [0.4, 0.5) is 4.39 Å². The normalized spacial score (nSPS) is 18.3. The topological polar surface area (TPSA) is 86.7 Å². The number of amides is 2. The van der Waals surface area contributed by atoms with Gasteiger partial charge in [-0.1, -0.05) is 11.6 Å². The number of hydrogen-bond acceptors (Lipinski definition) is 3. The fourth-order valence-electron chi connectivity index (χ4n) is 2.14. The maximum atomic E-state index is 13.7. The number of nitrogens with one attached hydrogen (secondary N) is 1. The van der Waals surface area contributed by atoms with E-state index in [0.717, 1.165) is 17.0 Å². The lowest BCUT2D eigenvalue weighted by Gasteiger charge is -2.34. The monoisotopic (exact) mass is 314 g/mol. The molecule has 0 radical (unpaired) electrons. The average molecular weight is 315 g/mol. The van der Waals surface area contributed by atoms with Gasteiger partial charge in [-0.25, -0.2) is 4.39 Å². The molecule has 1 aromatic carbocycles. The maximum absolute atomic E-state index is 13.7. The molecule has 1 heterocycles. The molecule has 0 saturated carbocycles. The highest BCUT2D eigenvalue weighted by molar-refractivity contribution is 6.31. The average Bonchev–Trinajstić information content (AvgIpc) is 2.42. The predicted molar refractivity (Wildman–Crippen MR) is 71.5 cm³/mol. The van der Waals surface area contributed by atoms with Crippen LogP contribution in [0.25, 0.3) is 0 Å². The van der Waals surface area contributed by atoms with E-state index in [1.54, 1.807) is 0 Å². The first-order valence-electron chi connectivity index (χ1n) is 6.15. The van der Waals surface area contributed by atoms with Gasteiger partial charge in [0.05, 0.1) is 12.0 Å². The minimum atomic E-state index is -1.22. The van der Waals surface area contributed by atoms with Gasteiger partial charge in [0.2, 0.25) is 5.91 Å². The van der Waals surface area contributed by atoms with Crippen LogP contribution >= 0.6 is 11.6 Å². The highest BCUT2D eigenvalue weighted by Crippen LogP contribution is 2.19. The molecule has 21 heavy (non-hydrogen) atoms. The Morgan fingerprint density at radius 2 is 2.19 bits per heavy atom. The van der Waals surface area contributed by atoms with Crippen LogP contribution in [0.2, 0.25) is 5.02 Å². The number of carboxylic acid groups (broad SMARTS) is 1. The molecule has 6 nitrogen and oxygen atoms in total. The molecule has 0 spiro atoms. The Morgan fingerprint density at radius 3 is 2.86 bits per heavy atom. The molecule has 112 valence electrons. The molecule has 2 rings (SSSR count). The second-order valence-corrected chi connectivity index (χ2v) is 4.96. The summed E-state index contributed by atoms with van der Waals surface area (Å²) in [6.07, 6.45) is -0.542. The number of aliphatic carboxylic acids is 1. The van der Waals surface area contributed by atoms with Crippen LogP contribution in [-0.2, 0) is 9.59 Å². The van der Waals surface area contributed by atoms with Gasteiger partial charge in [0, 0.05) is 18.1 Å². The van der Waals surface area contributed by atoms with Gasteiger partial charge in [-0.3, -0.25) is 14.4 Å². The van der Waals surface area contributed by atoms with Crippen molar-refractivity contribution >= 4 is 29.4 Å². The summed E-state index contributed by atoms with van der Waals surface area (Å²) in [5.41, 5.74) is -0.285. The molecule has 1 aliphatic heterocycles. The zero-order chi connectivity index (χ0) is 15.6. The molecule has 2 N–H and O–H groups in total. The first-order valence-corrected chi connectivity index (χ1v) is 6.53. The number of rotatable bonds is 3. The van der Waals surface area contributed by atoms with Crippen molar-refractivity contribution in [2.45, 2.75) is 12.5 Å². The molecule has 1 fully saturated rings. The molecular weight excluding hydrogens is 303 g/mol. The molecule has 1 aromatic rings. The zero-order valence-corrected chi connectivity index (χ0v) is 11.6. The van der Waals surface area contributed by atoms with Gasteiger partial charge in [-0.05, 0) is 18.2 Å². The quantitative estimate of drug-likeness (QED) is 0.867. The third-order valence-electron chi connectivity index (χ3n) is 3.12. The second kappa shape index (κ2) is 6.09. The summed E-state index contributed by atoms with van der Waals surface area (Å²) in [4.78, 5) is 36.0. The highest BCUT2D eigenvalue weighted by atomic mass is 35.5. The van der Waals surface area contributed by atoms with E-state index in [0.29, 0.717) is 0 Å². The second-order valence-electron chi connectivity index (χ2n) is 4.53. The summed E-state index contributed by atoms with van der Waals surface area (Å²) in [6.45, 7) is 0.289. The number of carbonyl (C=O) groups is 3. The van der Waals surface area contributed by atoms with Crippen molar-refractivity contribution in [3.63, 3.8) is 0 Å². The molecule has 0 bridgehead atoms. The van der Waals surface area contributed by atoms with Gasteiger partial charge in [-0.15, -0.1) is 0 Å². The van der Waals surface area contributed by atoms with Crippen molar-refractivity contribution in [2.75, 3.05) is 13.1 Å². The first-order chi connectivity index (χ1) is 9.90. The highest BCUT2D eigenvalue weighted by Gasteiger charge is 2.35. The number of halogens is 2. The minimum Gasteiger partial charge on any atom is -0.481 e. The molecule has 8 heteroatoms. The molecule has 1 saturated heterocycles. The summed E-state index contributed by atoms with van der Waals surface area (Å²) < 4.78 is 13.7. The summed E-state index contributed by atoms with van der Waals surface area (Å²) in [5.74, 6) is -3.32. The van der Waals surface area contributed by atoms with Crippen LogP contribution < -0.4 is 5.32 Å². The standard InChI is InChI=1S/C13H12ClFN2O4/c14-7-1-2-9(15)8(5-7)13(21)17-4-3-16-12(20)10(17)6-11(18)19/h1-2,5,10H,3-4,6H2,(H,16,20)(H,18,19). The van der Waals surface area contributed by atoms with Gasteiger partial charge < -0.3 is 15.3 Å². The smallest absolute Gasteiger partial charge is 0.305 e. The summed E-state index contributed by atoms with van der Waals surface area (Å²) in [6, 6.07) is 2.34. The van der Waals surface area contributed by atoms with E-state index >= 15 is 0 Å². The van der Waals surface area contributed by atoms with Crippen LogP contribution in [0, 0.1) is 5.82 Å². The van der Waals surface area contributed by atoms with Crippen molar-refractivity contribution in [2.24, 2.45) is 0 Å². The van der Waals surface area contributed by atoms with Crippen LogP contribution in [0.3, 0.4) is 0 Å². The number of carboxylic acids is 1. The van der Waals surface area contributed by atoms with E-state index in [-0.39, 0.29) is 23.7 Å².